The SMILES string of the molecule is CC1CC(NCC2(O)CCCCC2)CN1C. The van der Waals surface area contributed by atoms with Gasteiger partial charge in [0, 0.05) is 25.2 Å². The molecule has 2 atom stereocenters. The normalized spacial score (nSPS) is 35.4. The molecule has 1 heterocycles. The number of nitrogens with one attached hydrogen (secondary N) is 1. The van der Waals surface area contributed by atoms with Gasteiger partial charge < -0.3 is 15.3 Å². The first kappa shape index (κ1) is 12.3. The van der Waals surface area contributed by atoms with Gasteiger partial charge in [0.1, 0.15) is 0 Å². The lowest BCUT2D eigenvalue weighted by atomic mass is 9.84. The summed E-state index contributed by atoms with van der Waals surface area (Å²) in [4.78, 5) is 2.39. The van der Waals surface area contributed by atoms with Crippen LogP contribution in [0.1, 0.15) is 45.4 Å². The number of hydrogen-bond acceptors (Lipinski definition) is 3. The second kappa shape index (κ2) is 5.03. The van der Waals surface area contributed by atoms with Crippen LogP contribution in [0.4, 0.5) is 0 Å². The molecule has 0 spiro atoms. The summed E-state index contributed by atoms with van der Waals surface area (Å²) in [6, 6.07) is 1.25. The van der Waals surface area contributed by atoms with Crippen molar-refractivity contribution >= 4 is 0 Å². The molecule has 1 saturated heterocycles. The molecule has 0 bridgehead atoms. The fourth-order valence-electron chi connectivity index (χ4n) is 3.06. The molecule has 0 radical (unpaired) electrons. The van der Waals surface area contributed by atoms with E-state index < -0.39 is 5.60 Å². The highest BCUT2D eigenvalue weighted by Gasteiger charge is 2.32. The molecule has 3 nitrogen and oxygen atoms in total. The van der Waals surface area contributed by atoms with Crippen LogP contribution >= 0.6 is 0 Å². The highest BCUT2D eigenvalue weighted by molar-refractivity contribution is 4.90. The van der Waals surface area contributed by atoms with E-state index in [0.29, 0.717) is 12.1 Å². The zero-order chi connectivity index (χ0) is 11.6. The average Bonchev–Trinajstić information content (AvgIpc) is 2.57. The van der Waals surface area contributed by atoms with Gasteiger partial charge in [-0.05, 0) is 33.2 Å². The Balaban J connectivity index is 1.74. The zero-order valence-corrected chi connectivity index (χ0v) is 10.7. The van der Waals surface area contributed by atoms with Crippen molar-refractivity contribution in [1.29, 1.82) is 0 Å². The lowest BCUT2D eigenvalue weighted by Crippen LogP contribution is -2.46. The van der Waals surface area contributed by atoms with Gasteiger partial charge in [-0.15, -0.1) is 0 Å². The van der Waals surface area contributed by atoms with Gasteiger partial charge in [-0.3, -0.25) is 0 Å². The Bertz CT molecular complexity index is 216. The van der Waals surface area contributed by atoms with Crippen LogP contribution in [0.3, 0.4) is 0 Å². The van der Waals surface area contributed by atoms with Crippen LogP contribution in [0, 0.1) is 0 Å². The lowest BCUT2D eigenvalue weighted by molar-refractivity contribution is 0.00290. The van der Waals surface area contributed by atoms with E-state index in [2.05, 4.69) is 24.2 Å². The molecular formula is C13H26N2O. The van der Waals surface area contributed by atoms with Gasteiger partial charge in [0.25, 0.3) is 0 Å². The summed E-state index contributed by atoms with van der Waals surface area (Å²) in [5.41, 5.74) is -0.414. The first-order valence-corrected chi connectivity index (χ1v) is 6.75. The van der Waals surface area contributed by atoms with Gasteiger partial charge in [-0.1, -0.05) is 19.3 Å². The summed E-state index contributed by atoms with van der Waals surface area (Å²) < 4.78 is 0. The molecule has 0 amide bonds. The second-order valence-electron chi connectivity index (χ2n) is 5.89. The lowest BCUT2D eigenvalue weighted by Gasteiger charge is -2.33. The number of likely N-dealkylation sites (N-methyl/N-ethyl adjacent to an activating group) is 1. The predicted molar refractivity (Wildman–Crippen MR) is 66.5 cm³/mol. The molecule has 1 aliphatic carbocycles. The van der Waals surface area contributed by atoms with Crippen molar-refractivity contribution in [2.45, 2.75) is 63.1 Å². The van der Waals surface area contributed by atoms with Gasteiger partial charge >= 0.3 is 0 Å². The van der Waals surface area contributed by atoms with Gasteiger partial charge in [0.05, 0.1) is 5.60 Å². The maximum Gasteiger partial charge on any atom is 0.0771 e. The quantitative estimate of drug-likeness (QED) is 0.763. The van der Waals surface area contributed by atoms with Crippen LogP contribution in [0.25, 0.3) is 0 Å². The molecule has 2 N–H and O–H groups in total. The third-order valence-electron chi connectivity index (χ3n) is 4.39. The Hall–Kier alpha value is -0.120. The van der Waals surface area contributed by atoms with Crippen LogP contribution in [0.2, 0.25) is 0 Å². The molecule has 0 aromatic carbocycles. The number of nitrogens with zero attached hydrogens (tertiary/aromatic N) is 1. The zero-order valence-electron chi connectivity index (χ0n) is 10.7. The van der Waals surface area contributed by atoms with Gasteiger partial charge in [0.15, 0.2) is 0 Å². The number of rotatable bonds is 3. The minimum absolute atomic E-state index is 0.414. The van der Waals surface area contributed by atoms with Crippen molar-refractivity contribution in [1.82, 2.24) is 10.2 Å². The van der Waals surface area contributed by atoms with Crippen molar-refractivity contribution < 1.29 is 5.11 Å². The van der Waals surface area contributed by atoms with Crippen LogP contribution in [0.15, 0.2) is 0 Å². The van der Waals surface area contributed by atoms with E-state index in [0.717, 1.165) is 25.9 Å². The highest BCUT2D eigenvalue weighted by Crippen LogP contribution is 2.27. The molecule has 0 aromatic rings. The number of aliphatic hydroxyl groups is 1. The molecule has 94 valence electrons. The Labute approximate surface area is 99.2 Å². The molecule has 16 heavy (non-hydrogen) atoms. The summed E-state index contributed by atoms with van der Waals surface area (Å²) in [6.45, 7) is 4.19. The highest BCUT2D eigenvalue weighted by atomic mass is 16.3. The molecule has 0 aromatic heterocycles. The van der Waals surface area contributed by atoms with Gasteiger partial charge in [-0.25, -0.2) is 0 Å². The fraction of sp³-hybridized carbons (Fsp3) is 1.00. The summed E-state index contributed by atoms with van der Waals surface area (Å²) in [5.74, 6) is 0. The molecule has 1 aliphatic heterocycles. The van der Waals surface area contributed by atoms with E-state index in [1.807, 2.05) is 0 Å². The molecular weight excluding hydrogens is 200 g/mol. The van der Waals surface area contributed by atoms with Gasteiger partial charge in [-0.2, -0.15) is 0 Å². The maximum absolute atomic E-state index is 10.4. The van der Waals surface area contributed by atoms with E-state index in [9.17, 15) is 5.11 Å². The summed E-state index contributed by atoms with van der Waals surface area (Å²) in [5, 5.41) is 13.9. The van der Waals surface area contributed by atoms with Crippen molar-refractivity contribution in [2.24, 2.45) is 0 Å². The minimum Gasteiger partial charge on any atom is -0.389 e. The molecule has 2 fully saturated rings. The molecule has 1 saturated carbocycles. The number of likely N-dealkylation sites (tertiary alicyclic amines) is 1. The van der Waals surface area contributed by atoms with Crippen molar-refractivity contribution in [2.75, 3.05) is 20.1 Å². The van der Waals surface area contributed by atoms with Crippen LogP contribution < -0.4 is 5.32 Å². The Morgan fingerprint density at radius 1 is 1.31 bits per heavy atom. The topological polar surface area (TPSA) is 35.5 Å². The first-order valence-electron chi connectivity index (χ1n) is 6.75. The summed E-state index contributed by atoms with van der Waals surface area (Å²) >= 11 is 0. The standard InChI is InChI=1S/C13H26N2O/c1-11-8-12(9-15(11)2)14-10-13(16)6-4-3-5-7-13/h11-12,14,16H,3-10H2,1-2H3. The Morgan fingerprint density at radius 2 is 2.00 bits per heavy atom. The Kier molecular flexibility index (Phi) is 3.88. The molecule has 3 heteroatoms. The molecule has 2 aliphatic rings. The van der Waals surface area contributed by atoms with Gasteiger partial charge in [0.2, 0.25) is 0 Å². The minimum atomic E-state index is -0.414. The van der Waals surface area contributed by atoms with Crippen LogP contribution in [0.5, 0.6) is 0 Å². The average molecular weight is 226 g/mol. The van der Waals surface area contributed by atoms with Crippen molar-refractivity contribution in [3.05, 3.63) is 0 Å². The van der Waals surface area contributed by atoms with E-state index >= 15 is 0 Å². The predicted octanol–water partition coefficient (Wildman–Crippen LogP) is 1.36. The fourth-order valence-corrected chi connectivity index (χ4v) is 3.06. The third-order valence-corrected chi connectivity index (χ3v) is 4.39. The van der Waals surface area contributed by atoms with E-state index in [1.165, 1.54) is 25.7 Å². The monoisotopic (exact) mass is 226 g/mol. The molecule has 2 rings (SSSR count). The van der Waals surface area contributed by atoms with Crippen molar-refractivity contribution in [3.63, 3.8) is 0 Å². The Morgan fingerprint density at radius 3 is 2.56 bits per heavy atom. The summed E-state index contributed by atoms with van der Waals surface area (Å²) in [7, 11) is 2.18. The number of hydrogen-bond donors (Lipinski definition) is 2. The van der Waals surface area contributed by atoms with Crippen molar-refractivity contribution in [3.8, 4) is 0 Å². The first-order chi connectivity index (χ1) is 7.59. The summed E-state index contributed by atoms with van der Waals surface area (Å²) in [6.07, 6.45) is 6.87. The third kappa shape index (κ3) is 2.96. The van der Waals surface area contributed by atoms with Crippen LogP contribution in [-0.4, -0.2) is 47.8 Å². The maximum atomic E-state index is 10.4. The largest absolute Gasteiger partial charge is 0.389 e. The van der Waals surface area contributed by atoms with E-state index in [-0.39, 0.29) is 0 Å². The van der Waals surface area contributed by atoms with E-state index in [4.69, 9.17) is 0 Å². The smallest absolute Gasteiger partial charge is 0.0771 e. The van der Waals surface area contributed by atoms with Crippen LogP contribution in [-0.2, 0) is 0 Å². The second-order valence-corrected chi connectivity index (χ2v) is 5.89. The van der Waals surface area contributed by atoms with E-state index in [1.54, 1.807) is 0 Å². The molecule has 2 unspecified atom stereocenters.